The summed E-state index contributed by atoms with van der Waals surface area (Å²) in [6.07, 6.45) is -0.334. The lowest BCUT2D eigenvalue weighted by Crippen LogP contribution is -2.34. The highest BCUT2D eigenvalue weighted by atomic mass is 127. The van der Waals surface area contributed by atoms with Crippen molar-refractivity contribution in [2.24, 2.45) is 0 Å². The van der Waals surface area contributed by atoms with Gasteiger partial charge in [0.15, 0.2) is 17.2 Å². The molecule has 32 heavy (non-hydrogen) atoms. The lowest BCUT2D eigenvalue weighted by Gasteiger charge is -2.22. The van der Waals surface area contributed by atoms with Crippen LogP contribution in [-0.4, -0.2) is 36.1 Å². The quantitative estimate of drug-likeness (QED) is 0.349. The van der Waals surface area contributed by atoms with Gasteiger partial charge < -0.3 is 14.6 Å². The van der Waals surface area contributed by atoms with Crippen LogP contribution in [0.4, 0.5) is 18.9 Å². The number of sulfonamides is 1. The molecule has 0 saturated heterocycles. The molecular weight excluding hydrogens is 562 g/mol. The molecule has 0 aliphatic heterocycles. The van der Waals surface area contributed by atoms with Crippen molar-refractivity contribution in [1.29, 1.82) is 0 Å². The molecular formula is C21H19F3INO5S. The van der Waals surface area contributed by atoms with Gasteiger partial charge in [-0.25, -0.2) is 21.6 Å². The van der Waals surface area contributed by atoms with Gasteiger partial charge in [0.1, 0.15) is 5.82 Å². The van der Waals surface area contributed by atoms with Crippen molar-refractivity contribution in [3.05, 3.63) is 62.7 Å². The molecule has 11 heteroatoms. The molecule has 1 aliphatic rings. The Hall–Kier alpha value is -1.83. The number of nitrogens with one attached hydrogen (secondary N) is 1. The lowest BCUT2D eigenvalue weighted by atomic mass is 10.0. The number of benzene rings is 2. The first kappa shape index (κ1) is 23.3. The molecule has 6 nitrogen and oxygen atoms in total. The summed E-state index contributed by atoms with van der Waals surface area (Å²) in [5.74, 6) is -3.18. The van der Waals surface area contributed by atoms with Crippen molar-refractivity contribution in [3.8, 4) is 0 Å². The third-order valence-corrected chi connectivity index (χ3v) is 8.56. The second kappa shape index (κ2) is 8.50. The molecule has 2 aromatic carbocycles. The van der Waals surface area contributed by atoms with Crippen LogP contribution in [0.1, 0.15) is 30.4 Å². The molecule has 1 aromatic heterocycles. The number of aliphatic hydroxyl groups is 2. The Bertz CT molecular complexity index is 1290. The Labute approximate surface area is 195 Å². The average molecular weight is 581 g/mol. The average Bonchev–Trinajstić information content (AvgIpc) is 3.36. The van der Waals surface area contributed by atoms with Crippen molar-refractivity contribution in [1.82, 2.24) is 0 Å². The van der Waals surface area contributed by atoms with Crippen molar-refractivity contribution in [3.63, 3.8) is 0 Å². The molecule has 1 heterocycles. The Balaban J connectivity index is 1.82. The minimum absolute atomic E-state index is 0.0481. The number of halogens is 4. The first-order valence-corrected chi connectivity index (χ1v) is 12.3. The highest BCUT2D eigenvalue weighted by Crippen LogP contribution is 2.49. The normalized spacial score (nSPS) is 16.3. The molecule has 1 fully saturated rings. The summed E-state index contributed by atoms with van der Waals surface area (Å²) in [4.78, 5) is 0. The number of rotatable bonds is 8. The van der Waals surface area contributed by atoms with Crippen LogP contribution in [0, 0.1) is 21.0 Å². The van der Waals surface area contributed by atoms with Crippen LogP contribution in [-0.2, 0) is 16.4 Å². The summed E-state index contributed by atoms with van der Waals surface area (Å²) in [5, 5.41) is 18.6. The van der Waals surface area contributed by atoms with Gasteiger partial charge in [0, 0.05) is 15.6 Å². The second-order valence-corrected chi connectivity index (χ2v) is 11.2. The summed E-state index contributed by atoms with van der Waals surface area (Å²) in [5.41, 5.74) is -0.877. The highest BCUT2D eigenvalue weighted by Gasteiger charge is 2.55. The molecule has 172 valence electrons. The van der Waals surface area contributed by atoms with Crippen molar-refractivity contribution in [2.75, 3.05) is 11.3 Å². The van der Waals surface area contributed by atoms with Crippen LogP contribution in [0.5, 0.6) is 0 Å². The van der Waals surface area contributed by atoms with Crippen LogP contribution in [0.15, 0.2) is 34.9 Å². The largest absolute Gasteiger partial charge is 0.462 e. The first-order valence-electron chi connectivity index (χ1n) is 9.71. The van der Waals surface area contributed by atoms with Gasteiger partial charge in [0.2, 0.25) is 10.0 Å². The lowest BCUT2D eigenvalue weighted by molar-refractivity contribution is 0.0858. The molecule has 0 spiro atoms. The van der Waals surface area contributed by atoms with Crippen LogP contribution >= 0.6 is 22.6 Å². The van der Waals surface area contributed by atoms with Crippen molar-refractivity contribution < 1.29 is 36.2 Å². The number of aliphatic hydroxyl groups excluding tert-OH is 2. The minimum Gasteiger partial charge on any atom is -0.462 e. The molecule has 3 aromatic rings. The van der Waals surface area contributed by atoms with Gasteiger partial charge in [-0.05, 0) is 65.6 Å². The van der Waals surface area contributed by atoms with Gasteiger partial charge in [0.05, 0.1) is 34.8 Å². The monoisotopic (exact) mass is 581 g/mol. The fourth-order valence-electron chi connectivity index (χ4n) is 3.76. The maximum Gasteiger partial charge on any atom is 0.238 e. The summed E-state index contributed by atoms with van der Waals surface area (Å²) in [6, 6.07) is 5.41. The van der Waals surface area contributed by atoms with E-state index in [-0.39, 0.29) is 41.5 Å². The SMILES string of the molecule is O=S(=O)(Nc1c(Cc2ccc(I)cc2F)c(F)c(F)c2ccoc12)C1(CC(O)CO)CC1. The van der Waals surface area contributed by atoms with E-state index in [1.807, 2.05) is 22.6 Å². The standard InChI is InChI=1S/C21H19F3INO5S/c22-16-8-12(25)2-1-11(16)7-15-18(24)17(23)14-3-6-31-20(14)19(15)26-32(29,30)21(4-5-21)9-13(28)10-27/h1-3,6,8,13,26-28H,4-5,7,9-10H2. The minimum atomic E-state index is -4.20. The highest BCUT2D eigenvalue weighted by molar-refractivity contribution is 14.1. The molecule has 1 unspecified atom stereocenters. The van der Waals surface area contributed by atoms with Crippen molar-refractivity contribution >= 4 is 49.3 Å². The molecule has 0 amide bonds. The zero-order chi connectivity index (χ0) is 23.3. The topological polar surface area (TPSA) is 99.8 Å². The smallest absolute Gasteiger partial charge is 0.238 e. The molecule has 1 atom stereocenters. The van der Waals surface area contributed by atoms with E-state index >= 15 is 4.39 Å². The molecule has 4 rings (SSSR count). The maximum absolute atomic E-state index is 15.1. The van der Waals surface area contributed by atoms with Crippen LogP contribution < -0.4 is 4.72 Å². The number of fused-ring (bicyclic) bond motifs is 1. The van der Waals surface area contributed by atoms with E-state index in [0.29, 0.717) is 3.57 Å². The fourth-order valence-corrected chi connectivity index (χ4v) is 5.97. The molecule has 3 N–H and O–H groups in total. The van der Waals surface area contributed by atoms with Crippen molar-refractivity contribution in [2.45, 2.75) is 36.5 Å². The second-order valence-electron chi connectivity index (χ2n) is 7.89. The van der Waals surface area contributed by atoms with E-state index in [1.54, 1.807) is 6.07 Å². The third-order valence-electron chi connectivity index (χ3n) is 5.70. The van der Waals surface area contributed by atoms with E-state index in [9.17, 15) is 22.3 Å². The molecule has 1 saturated carbocycles. The Morgan fingerprint density at radius 1 is 1.19 bits per heavy atom. The van der Waals surface area contributed by atoms with Crippen LogP contribution in [0.3, 0.4) is 0 Å². The zero-order valence-corrected chi connectivity index (χ0v) is 19.5. The van der Waals surface area contributed by atoms with Gasteiger partial charge in [-0.15, -0.1) is 0 Å². The molecule has 0 radical (unpaired) electrons. The Kier molecular flexibility index (Phi) is 6.20. The number of hydrogen-bond donors (Lipinski definition) is 3. The third kappa shape index (κ3) is 4.11. The first-order chi connectivity index (χ1) is 15.1. The van der Waals surface area contributed by atoms with Gasteiger partial charge in [-0.3, -0.25) is 4.72 Å². The van der Waals surface area contributed by atoms with Gasteiger partial charge in [-0.2, -0.15) is 0 Å². The summed E-state index contributed by atoms with van der Waals surface area (Å²) in [7, 11) is -4.20. The van der Waals surface area contributed by atoms with E-state index in [2.05, 4.69) is 4.72 Å². The van der Waals surface area contributed by atoms with E-state index in [0.717, 1.165) is 6.26 Å². The van der Waals surface area contributed by atoms with Gasteiger partial charge in [-0.1, -0.05) is 6.07 Å². The molecule has 0 bridgehead atoms. The Morgan fingerprint density at radius 2 is 1.91 bits per heavy atom. The summed E-state index contributed by atoms with van der Waals surface area (Å²) >= 11 is 1.91. The fraction of sp³-hybridized carbons (Fsp3) is 0.333. The summed E-state index contributed by atoms with van der Waals surface area (Å²) < 4.78 is 77.4. The molecule has 1 aliphatic carbocycles. The number of anilines is 1. The summed E-state index contributed by atoms with van der Waals surface area (Å²) in [6.45, 7) is -0.609. The van der Waals surface area contributed by atoms with Gasteiger partial charge >= 0.3 is 0 Å². The van der Waals surface area contributed by atoms with Crippen LogP contribution in [0.2, 0.25) is 0 Å². The Morgan fingerprint density at radius 3 is 2.53 bits per heavy atom. The predicted molar refractivity (Wildman–Crippen MR) is 120 cm³/mol. The van der Waals surface area contributed by atoms with E-state index < -0.39 is 56.9 Å². The number of furan rings is 1. The van der Waals surface area contributed by atoms with E-state index in [1.165, 1.54) is 18.2 Å². The predicted octanol–water partition coefficient (Wildman–Crippen LogP) is 4.06. The maximum atomic E-state index is 15.1. The van der Waals surface area contributed by atoms with E-state index in [4.69, 9.17) is 9.52 Å². The number of hydrogen-bond acceptors (Lipinski definition) is 5. The zero-order valence-electron chi connectivity index (χ0n) is 16.5. The van der Waals surface area contributed by atoms with Gasteiger partial charge in [0.25, 0.3) is 0 Å². The van der Waals surface area contributed by atoms with Crippen LogP contribution in [0.25, 0.3) is 11.0 Å².